The van der Waals surface area contributed by atoms with Gasteiger partial charge in [0.25, 0.3) is 0 Å². The van der Waals surface area contributed by atoms with Crippen molar-refractivity contribution in [2.75, 3.05) is 27.2 Å². The molecule has 1 spiro atoms. The quantitative estimate of drug-likeness (QED) is 0.855. The van der Waals surface area contributed by atoms with Crippen molar-refractivity contribution in [1.82, 2.24) is 14.8 Å². The van der Waals surface area contributed by atoms with E-state index >= 15 is 0 Å². The van der Waals surface area contributed by atoms with Crippen molar-refractivity contribution >= 4 is 5.91 Å². The Hall–Kier alpha value is -1.42. The van der Waals surface area contributed by atoms with Crippen molar-refractivity contribution < 1.29 is 4.79 Å². The van der Waals surface area contributed by atoms with E-state index in [-0.39, 0.29) is 5.91 Å². The Labute approximate surface area is 146 Å². The van der Waals surface area contributed by atoms with E-state index in [1.165, 1.54) is 38.5 Å². The van der Waals surface area contributed by atoms with Crippen LogP contribution in [0.1, 0.15) is 49.7 Å². The molecule has 0 unspecified atom stereocenters. The molecule has 2 aliphatic rings. The first-order valence-corrected chi connectivity index (χ1v) is 9.33. The highest BCUT2D eigenvalue weighted by Gasteiger charge is 2.39. The van der Waals surface area contributed by atoms with Crippen LogP contribution in [0.4, 0.5) is 0 Å². The number of carbonyl (C=O) groups is 1. The second kappa shape index (κ2) is 7.22. The van der Waals surface area contributed by atoms with Crippen molar-refractivity contribution in [1.29, 1.82) is 0 Å². The van der Waals surface area contributed by atoms with Crippen LogP contribution in [0.3, 0.4) is 0 Å². The second-order valence-electron chi connectivity index (χ2n) is 8.05. The third-order valence-electron chi connectivity index (χ3n) is 6.40. The number of pyridine rings is 1. The van der Waals surface area contributed by atoms with Gasteiger partial charge < -0.3 is 9.80 Å². The summed E-state index contributed by atoms with van der Waals surface area (Å²) in [5.41, 5.74) is 2.73. The molecule has 3 rings (SSSR count). The number of rotatable bonds is 3. The third kappa shape index (κ3) is 3.80. The third-order valence-corrected chi connectivity index (χ3v) is 6.40. The monoisotopic (exact) mass is 329 g/mol. The van der Waals surface area contributed by atoms with Gasteiger partial charge in [0.2, 0.25) is 5.91 Å². The fourth-order valence-electron chi connectivity index (χ4n) is 4.44. The number of likely N-dealkylation sites (tertiary alicyclic amines) is 1. The lowest BCUT2D eigenvalue weighted by Crippen LogP contribution is -2.46. The molecule has 1 amide bonds. The van der Waals surface area contributed by atoms with Gasteiger partial charge in [0.15, 0.2) is 0 Å². The Balaban J connectivity index is 1.52. The van der Waals surface area contributed by atoms with Gasteiger partial charge in [0, 0.05) is 31.5 Å². The molecule has 0 bridgehead atoms. The molecular weight excluding hydrogens is 298 g/mol. The van der Waals surface area contributed by atoms with Crippen molar-refractivity contribution in [3.8, 4) is 0 Å². The van der Waals surface area contributed by atoms with Crippen LogP contribution in [0, 0.1) is 12.3 Å². The van der Waals surface area contributed by atoms with Gasteiger partial charge in [-0.1, -0.05) is 0 Å². The molecule has 0 radical (unpaired) electrons. The van der Waals surface area contributed by atoms with Crippen LogP contribution in [0.15, 0.2) is 18.5 Å². The highest BCUT2D eigenvalue weighted by molar-refractivity contribution is 5.79. The molecule has 1 saturated heterocycles. The van der Waals surface area contributed by atoms with E-state index in [2.05, 4.69) is 28.9 Å². The molecule has 1 aromatic rings. The summed E-state index contributed by atoms with van der Waals surface area (Å²) in [6, 6.07) is 2.73. The van der Waals surface area contributed by atoms with E-state index in [0.717, 1.165) is 30.3 Å². The molecular formula is C20H31N3O. The van der Waals surface area contributed by atoms with Crippen molar-refractivity contribution in [3.05, 3.63) is 29.6 Å². The van der Waals surface area contributed by atoms with Gasteiger partial charge in [-0.2, -0.15) is 0 Å². The van der Waals surface area contributed by atoms with Crippen LogP contribution in [0.25, 0.3) is 0 Å². The molecule has 1 aromatic heterocycles. The van der Waals surface area contributed by atoms with Gasteiger partial charge in [-0.3, -0.25) is 9.78 Å². The maximum atomic E-state index is 12.6. The smallest absolute Gasteiger partial charge is 0.227 e. The number of aryl methyl sites for hydroxylation is 1. The maximum Gasteiger partial charge on any atom is 0.227 e. The first kappa shape index (κ1) is 17.4. The minimum atomic E-state index is 0.279. The first-order chi connectivity index (χ1) is 11.5. The number of aromatic nitrogens is 1. The Kier molecular flexibility index (Phi) is 5.24. The molecule has 1 saturated carbocycles. The summed E-state index contributed by atoms with van der Waals surface area (Å²) in [6.45, 7) is 3.91. The summed E-state index contributed by atoms with van der Waals surface area (Å²) in [6.07, 6.45) is 11.8. The SMILES string of the molecule is Cc1cnccc1CC(=O)N1CCC2(CCC(N(C)C)CC2)CC1. The Morgan fingerprint density at radius 3 is 2.50 bits per heavy atom. The highest BCUT2D eigenvalue weighted by Crippen LogP contribution is 2.45. The summed E-state index contributed by atoms with van der Waals surface area (Å²) in [7, 11) is 4.40. The second-order valence-corrected chi connectivity index (χ2v) is 8.05. The lowest BCUT2D eigenvalue weighted by molar-refractivity contribution is -0.133. The lowest BCUT2D eigenvalue weighted by atomic mass is 9.67. The van der Waals surface area contributed by atoms with E-state index < -0.39 is 0 Å². The predicted molar refractivity (Wildman–Crippen MR) is 96.9 cm³/mol. The molecule has 24 heavy (non-hydrogen) atoms. The normalized spacial score (nSPS) is 21.4. The average Bonchev–Trinajstić information content (AvgIpc) is 2.58. The van der Waals surface area contributed by atoms with E-state index in [4.69, 9.17) is 0 Å². The fourth-order valence-corrected chi connectivity index (χ4v) is 4.44. The molecule has 4 heteroatoms. The van der Waals surface area contributed by atoms with E-state index in [1.54, 1.807) is 6.20 Å². The van der Waals surface area contributed by atoms with Gasteiger partial charge in [-0.25, -0.2) is 0 Å². The summed E-state index contributed by atoms with van der Waals surface area (Å²) in [5, 5.41) is 0. The topological polar surface area (TPSA) is 36.4 Å². The van der Waals surface area contributed by atoms with Crippen LogP contribution in [-0.2, 0) is 11.2 Å². The predicted octanol–water partition coefficient (Wildman–Crippen LogP) is 3.05. The Morgan fingerprint density at radius 2 is 1.92 bits per heavy atom. The van der Waals surface area contributed by atoms with Crippen LogP contribution < -0.4 is 0 Å². The molecule has 1 aliphatic heterocycles. The number of hydrogen-bond acceptors (Lipinski definition) is 3. The van der Waals surface area contributed by atoms with Crippen molar-refractivity contribution in [2.45, 2.75) is 57.9 Å². The standard InChI is InChI=1S/C20H31N3O/c1-16-15-21-11-6-17(16)14-19(24)23-12-9-20(10-13-23)7-4-18(5-8-20)22(2)3/h6,11,15,18H,4-5,7-10,12-14H2,1-3H3. The molecule has 0 N–H and O–H groups in total. The number of amides is 1. The average molecular weight is 329 g/mol. The molecule has 1 aliphatic carbocycles. The zero-order valence-corrected chi connectivity index (χ0v) is 15.4. The van der Waals surface area contributed by atoms with Gasteiger partial charge in [-0.05, 0) is 82.2 Å². The van der Waals surface area contributed by atoms with Crippen molar-refractivity contribution in [2.24, 2.45) is 5.41 Å². The number of nitrogens with zero attached hydrogens (tertiary/aromatic N) is 3. The van der Waals surface area contributed by atoms with Crippen molar-refractivity contribution in [3.63, 3.8) is 0 Å². The lowest BCUT2D eigenvalue weighted by Gasteiger charge is -2.47. The Morgan fingerprint density at radius 1 is 1.25 bits per heavy atom. The zero-order valence-electron chi connectivity index (χ0n) is 15.4. The largest absolute Gasteiger partial charge is 0.342 e. The van der Waals surface area contributed by atoms with E-state index in [1.807, 2.05) is 19.2 Å². The zero-order chi connectivity index (χ0) is 17.2. The first-order valence-electron chi connectivity index (χ1n) is 9.33. The Bertz CT molecular complexity index is 566. The molecule has 2 heterocycles. The molecule has 132 valence electrons. The number of piperidine rings is 1. The fraction of sp³-hybridized carbons (Fsp3) is 0.700. The van der Waals surface area contributed by atoms with E-state index in [9.17, 15) is 4.79 Å². The molecule has 0 atom stereocenters. The number of hydrogen-bond donors (Lipinski definition) is 0. The summed E-state index contributed by atoms with van der Waals surface area (Å²) < 4.78 is 0. The maximum absolute atomic E-state index is 12.6. The summed E-state index contributed by atoms with van der Waals surface area (Å²) >= 11 is 0. The summed E-state index contributed by atoms with van der Waals surface area (Å²) in [5.74, 6) is 0.279. The van der Waals surface area contributed by atoms with Crippen LogP contribution in [-0.4, -0.2) is 53.9 Å². The summed E-state index contributed by atoms with van der Waals surface area (Å²) in [4.78, 5) is 21.2. The van der Waals surface area contributed by atoms with Gasteiger partial charge in [0.1, 0.15) is 0 Å². The van der Waals surface area contributed by atoms with Crippen LogP contribution in [0.2, 0.25) is 0 Å². The minimum absolute atomic E-state index is 0.279. The van der Waals surface area contributed by atoms with Gasteiger partial charge in [0.05, 0.1) is 6.42 Å². The van der Waals surface area contributed by atoms with Crippen LogP contribution >= 0.6 is 0 Å². The molecule has 0 aromatic carbocycles. The molecule has 2 fully saturated rings. The molecule has 4 nitrogen and oxygen atoms in total. The minimum Gasteiger partial charge on any atom is -0.342 e. The highest BCUT2D eigenvalue weighted by atomic mass is 16.2. The van der Waals surface area contributed by atoms with Gasteiger partial charge in [-0.15, -0.1) is 0 Å². The van der Waals surface area contributed by atoms with Crippen LogP contribution in [0.5, 0.6) is 0 Å². The van der Waals surface area contributed by atoms with Gasteiger partial charge >= 0.3 is 0 Å². The number of carbonyl (C=O) groups excluding carboxylic acids is 1. The van der Waals surface area contributed by atoms with E-state index in [0.29, 0.717) is 11.8 Å².